The molecule has 0 radical (unpaired) electrons. The van der Waals surface area contributed by atoms with Crippen LogP contribution in [-0.2, 0) is 4.74 Å². The molecule has 1 aliphatic heterocycles. The monoisotopic (exact) mass is 229 g/mol. The van der Waals surface area contributed by atoms with Crippen molar-refractivity contribution in [1.29, 1.82) is 0 Å². The highest BCUT2D eigenvalue weighted by Crippen LogP contribution is 2.26. The first kappa shape index (κ1) is 10.5. The second-order valence-corrected chi connectivity index (χ2v) is 4.22. The molecule has 17 heavy (non-hydrogen) atoms. The number of rotatable bonds is 2. The average molecular weight is 229 g/mol. The van der Waals surface area contributed by atoms with E-state index in [2.05, 4.69) is 10.1 Å². The molecule has 4 heteroatoms. The lowest BCUT2D eigenvalue weighted by Gasteiger charge is -2.23. The van der Waals surface area contributed by atoms with Crippen LogP contribution >= 0.6 is 0 Å². The van der Waals surface area contributed by atoms with Crippen molar-refractivity contribution in [2.75, 3.05) is 6.61 Å². The molecule has 0 amide bonds. The van der Waals surface area contributed by atoms with Gasteiger partial charge in [0.1, 0.15) is 6.33 Å². The summed E-state index contributed by atoms with van der Waals surface area (Å²) in [7, 11) is 0. The fourth-order valence-electron chi connectivity index (χ4n) is 2.17. The van der Waals surface area contributed by atoms with Crippen molar-refractivity contribution in [3.63, 3.8) is 0 Å². The summed E-state index contributed by atoms with van der Waals surface area (Å²) in [5.41, 5.74) is 1.08. The lowest BCUT2D eigenvalue weighted by Crippen LogP contribution is -2.20. The van der Waals surface area contributed by atoms with Gasteiger partial charge in [-0.15, -0.1) is 0 Å². The van der Waals surface area contributed by atoms with Crippen LogP contribution in [0.2, 0.25) is 0 Å². The number of hydrogen-bond donors (Lipinski definition) is 0. The Labute approximate surface area is 100 Å². The average Bonchev–Trinajstić information content (AvgIpc) is 2.90. The van der Waals surface area contributed by atoms with Gasteiger partial charge in [-0.3, -0.25) is 0 Å². The minimum atomic E-state index is 0.0430. The highest BCUT2D eigenvalue weighted by molar-refractivity contribution is 5.54. The summed E-state index contributed by atoms with van der Waals surface area (Å²) < 4.78 is 7.64. The molecule has 1 aliphatic rings. The maximum atomic E-state index is 5.74. The van der Waals surface area contributed by atoms with Crippen molar-refractivity contribution in [2.45, 2.75) is 25.5 Å². The summed E-state index contributed by atoms with van der Waals surface area (Å²) in [5.74, 6) is 0.887. The molecule has 4 nitrogen and oxygen atoms in total. The smallest absolute Gasteiger partial charge is 0.160 e. The summed E-state index contributed by atoms with van der Waals surface area (Å²) in [6.45, 7) is 0.818. The minimum Gasteiger partial charge on any atom is -0.356 e. The molecule has 1 atom stereocenters. The molecule has 88 valence electrons. The lowest BCUT2D eigenvalue weighted by atomic mass is 10.1. The summed E-state index contributed by atoms with van der Waals surface area (Å²) in [4.78, 5) is 4.33. The quantitative estimate of drug-likeness (QED) is 0.794. The molecule has 0 aliphatic carbocycles. The third kappa shape index (κ3) is 2.08. The van der Waals surface area contributed by atoms with Gasteiger partial charge in [0.25, 0.3) is 0 Å². The van der Waals surface area contributed by atoms with E-state index in [-0.39, 0.29) is 6.23 Å². The molecular weight excluding hydrogens is 214 g/mol. The number of ether oxygens (including phenoxy) is 1. The van der Waals surface area contributed by atoms with E-state index in [9.17, 15) is 0 Å². The highest BCUT2D eigenvalue weighted by atomic mass is 16.5. The van der Waals surface area contributed by atoms with E-state index in [0.717, 1.165) is 30.8 Å². The van der Waals surface area contributed by atoms with Gasteiger partial charge < -0.3 is 4.74 Å². The summed E-state index contributed by atoms with van der Waals surface area (Å²) in [6.07, 6.45) is 5.00. The Hall–Kier alpha value is -1.68. The van der Waals surface area contributed by atoms with Crippen LogP contribution in [0.4, 0.5) is 0 Å². The van der Waals surface area contributed by atoms with E-state index in [1.807, 2.05) is 35.0 Å². The Balaban J connectivity index is 1.93. The summed E-state index contributed by atoms with van der Waals surface area (Å²) in [5, 5.41) is 4.30. The van der Waals surface area contributed by atoms with Gasteiger partial charge in [-0.25, -0.2) is 9.67 Å². The van der Waals surface area contributed by atoms with E-state index in [1.54, 1.807) is 6.33 Å². The lowest BCUT2D eigenvalue weighted by molar-refractivity contribution is -0.0385. The normalized spacial score (nSPS) is 20.4. The van der Waals surface area contributed by atoms with Crippen molar-refractivity contribution < 1.29 is 4.74 Å². The van der Waals surface area contributed by atoms with E-state index < -0.39 is 0 Å². The fourth-order valence-corrected chi connectivity index (χ4v) is 2.17. The molecule has 1 fully saturated rings. The Bertz CT molecular complexity index is 474. The van der Waals surface area contributed by atoms with Crippen LogP contribution in [0, 0.1) is 0 Å². The zero-order chi connectivity index (χ0) is 11.5. The maximum absolute atomic E-state index is 5.74. The molecule has 0 bridgehead atoms. The van der Waals surface area contributed by atoms with Crippen molar-refractivity contribution in [3.05, 3.63) is 36.7 Å². The third-order valence-corrected chi connectivity index (χ3v) is 3.03. The summed E-state index contributed by atoms with van der Waals surface area (Å²) >= 11 is 0. The molecule has 1 aromatic carbocycles. The van der Waals surface area contributed by atoms with E-state index >= 15 is 0 Å². The molecular formula is C13H15N3O. The van der Waals surface area contributed by atoms with Gasteiger partial charge in [0.2, 0.25) is 0 Å². The van der Waals surface area contributed by atoms with Gasteiger partial charge in [0, 0.05) is 12.2 Å². The van der Waals surface area contributed by atoms with Gasteiger partial charge in [-0.2, -0.15) is 5.10 Å². The largest absolute Gasteiger partial charge is 0.356 e. The van der Waals surface area contributed by atoms with Crippen LogP contribution in [0.3, 0.4) is 0 Å². The number of nitrogens with zero attached hydrogens (tertiary/aromatic N) is 3. The van der Waals surface area contributed by atoms with Crippen LogP contribution in [0.5, 0.6) is 0 Å². The Morgan fingerprint density at radius 2 is 2.06 bits per heavy atom. The first-order valence-electron chi connectivity index (χ1n) is 6.02. The first-order valence-corrected chi connectivity index (χ1v) is 6.02. The summed E-state index contributed by atoms with van der Waals surface area (Å²) in [6, 6.07) is 10.1. The third-order valence-electron chi connectivity index (χ3n) is 3.03. The maximum Gasteiger partial charge on any atom is 0.160 e. The van der Waals surface area contributed by atoms with E-state index in [4.69, 9.17) is 4.74 Å². The van der Waals surface area contributed by atoms with Gasteiger partial charge >= 0.3 is 0 Å². The van der Waals surface area contributed by atoms with Crippen LogP contribution < -0.4 is 0 Å². The van der Waals surface area contributed by atoms with Gasteiger partial charge in [0.05, 0.1) is 0 Å². The predicted molar refractivity (Wildman–Crippen MR) is 64.3 cm³/mol. The Kier molecular flexibility index (Phi) is 2.88. The SMILES string of the molecule is c1ccc(-c2ncnn2C2CCCCO2)cc1. The van der Waals surface area contributed by atoms with Crippen molar-refractivity contribution in [2.24, 2.45) is 0 Å². The van der Waals surface area contributed by atoms with Gasteiger partial charge in [0.15, 0.2) is 12.1 Å². The standard InChI is InChI=1S/C13H15N3O/c1-2-6-11(7-3-1)13-14-10-15-16(13)12-8-4-5-9-17-12/h1-3,6-7,10,12H,4-5,8-9H2. The number of hydrogen-bond acceptors (Lipinski definition) is 3. The first-order chi connectivity index (χ1) is 8.45. The minimum absolute atomic E-state index is 0.0430. The molecule has 2 heterocycles. The number of aromatic nitrogens is 3. The molecule has 1 unspecified atom stereocenters. The van der Waals surface area contributed by atoms with Crippen LogP contribution in [0.15, 0.2) is 36.7 Å². The zero-order valence-corrected chi connectivity index (χ0v) is 9.62. The van der Waals surface area contributed by atoms with Crippen LogP contribution in [-0.4, -0.2) is 21.4 Å². The number of benzene rings is 1. The van der Waals surface area contributed by atoms with Crippen molar-refractivity contribution >= 4 is 0 Å². The molecule has 0 saturated carbocycles. The molecule has 3 rings (SSSR count). The van der Waals surface area contributed by atoms with Gasteiger partial charge in [-0.05, 0) is 19.3 Å². The molecule has 1 saturated heterocycles. The highest BCUT2D eigenvalue weighted by Gasteiger charge is 2.20. The van der Waals surface area contributed by atoms with Gasteiger partial charge in [-0.1, -0.05) is 30.3 Å². The molecule has 2 aromatic rings. The zero-order valence-electron chi connectivity index (χ0n) is 9.62. The second-order valence-electron chi connectivity index (χ2n) is 4.22. The van der Waals surface area contributed by atoms with Crippen LogP contribution in [0.1, 0.15) is 25.5 Å². The second kappa shape index (κ2) is 4.67. The Morgan fingerprint density at radius 1 is 1.18 bits per heavy atom. The molecule has 1 aromatic heterocycles. The Morgan fingerprint density at radius 3 is 2.82 bits per heavy atom. The molecule has 0 N–H and O–H groups in total. The van der Waals surface area contributed by atoms with Crippen LogP contribution in [0.25, 0.3) is 11.4 Å². The predicted octanol–water partition coefficient (Wildman–Crippen LogP) is 2.64. The van der Waals surface area contributed by atoms with Crippen molar-refractivity contribution in [1.82, 2.24) is 14.8 Å². The fraction of sp³-hybridized carbons (Fsp3) is 0.385. The molecule has 0 spiro atoms. The topological polar surface area (TPSA) is 39.9 Å². The van der Waals surface area contributed by atoms with E-state index in [1.165, 1.54) is 6.42 Å². The van der Waals surface area contributed by atoms with E-state index in [0.29, 0.717) is 0 Å². The van der Waals surface area contributed by atoms with Crippen molar-refractivity contribution in [3.8, 4) is 11.4 Å².